The summed E-state index contributed by atoms with van der Waals surface area (Å²) < 4.78 is 0. The van der Waals surface area contributed by atoms with Crippen LogP contribution in [0, 0.1) is 19.8 Å². The molecule has 2 nitrogen and oxygen atoms in total. The zero-order valence-electron chi connectivity index (χ0n) is 10.3. The minimum atomic E-state index is -0.680. The van der Waals surface area contributed by atoms with Gasteiger partial charge in [0, 0.05) is 0 Å². The molecular formula is C14H20O2. The highest BCUT2D eigenvalue weighted by Crippen LogP contribution is 2.17. The van der Waals surface area contributed by atoms with Crippen LogP contribution in [0.3, 0.4) is 0 Å². The highest BCUT2D eigenvalue weighted by molar-refractivity contribution is 5.70. The second-order valence-corrected chi connectivity index (χ2v) is 4.52. The molecule has 0 aliphatic carbocycles. The molecule has 0 aliphatic rings. The van der Waals surface area contributed by atoms with Crippen molar-refractivity contribution in [3.05, 3.63) is 34.9 Å². The van der Waals surface area contributed by atoms with Gasteiger partial charge in [0.1, 0.15) is 0 Å². The Bertz CT molecular complexity index is 349. The van der Waals surface area contributed by atoms with E-state index < -0.39 is 5.97 Å². The number of carboxylic acid groups (broad SMARTS) is 1. The fraction of sp³-hybridized carbons (Fsp3) is 0.500. The summed E-state index contributed by atoms with van der Waals surface area (Å²) in [6.45, 7) is 6.12. The summed E-state index contributed by atoms with van der Waals surface area (Å²) in [5.41, 5.74) is 3.55. The Morgan fingerprint density at radius 1 is 1.25 bits per heavy atom. The van der Waals surface area contributed by atoms with Gasteiger partial charge in [-0.15, -0.1) is 0 Å². The molecule has 0 radical (unpaired) electrons. The molecule has 0 saturated carbocycles. The third-order valence-corrected chi connectivity index (χ3v) is 2.75. The number of hydrogen-bond acceptors (Lipinski definition) is 1. The number of aryl methyl sites for hydroxylation is 2. The summed E-state index contributed by atoms with van der Waals surface area (Å²) in [5.74, 6) is -0.924. The van der Waals surface area contributed by atoms with E-state index >= 15 is 0 Å². The molecule has 16 heavy (non-hydrogen) atoms. The van der Waals surface area contributed by atoms with Crippen LogP contribution in [-0.2, 0) is 11.2 Å². The first-order valence-electron chi connectivity index (χ1n) is 5.83. The van der Waals surface area contributed by atoms with E-state index in [2.05, 4.69) is 18.2 Å². The van der Waals surface area contributed by atoms with Gasteiger partial charge in [-0.3, -0.25) is 4.79 Å². The smallest absolute Gasteiger partial charge is 0.306 e. The van der Waals surface area contributed by atoms with Crippen LogP contribution in [0.1, 0.15) is 36.5 Å². The second kappa shape index (κ2) is 5.69. The van der Waals surface area contributed by atoms with E-state index in [4.69, 9.17) is 5.11 Å². The minimum Gasteiger partial charge on any atom is -0.481 e. The summed E-state index contributed by atoms with van der Waals surface area (Å²) >= 11 is 0. The fourth-order valence-corrected chi connectivity index (χ4v) is 2.13. The standard InChI is InChI=1S/C14H20O2/c1-4-5-13(14(15)16)9-12-7-10(2)6-11(3)8-12/h6-8,13H,4-5,9H2,1-3H3,(H,15,16). The van der Waals surface area contributed by atoms with Crippen LogP contribution >= 0.6 is 0 Å². The number of aliphatic carboxylic acids is 1. The first-order valence-corrected chi connectivity index (χ1v) is 5.83. The van der Waals surface area contributed by atoms with E-state index in [1.165, 1.54) is 11.1 Å². The SMILES string of the molecule is CCCC(Cc1cc(C)cc(C)c1)C(=O)O. The molecular weight excluding hydrogens is 200 g/mol. The van der Waals surface area contributed by atoms with Crippen LogP contribution in [0.2, 0.25) is 0 Å². The molecule has 0 bridgehead atoms. The summed E-state index contributed by atoms with van der Waals surface area (Å²) in [4.78, 5) is 11.1. The van der Waals surface area contributed by atoms with E-state index in [0.717, 1.165) is 18.4 Å². The average Bonchev–Trinajstić information content (AvgIpc) is 2.15. The number of benzene rings is 1. The van der Waals surface area contributed by atoms with Crippen LogP contribution in [0.4, 0.5) is 0 Å². The first kappa shape index (κ1) is 12.8. The van der Waals surface area contributed by atoms with Crippen molar-refractivity contribution < 1.29 is 9.90 Å². The van der Waals surface area contributed by atoms with Crippen molar-refractivity contribution in [1.82, 2.24) is 0 Å². The zero-order valence-corrected chi connectivity index (χ0v) is 10.3. The monoisotopic (exact) mass is 220 g/mol. The topological polar surface area (TPSA) is 37.3 Å². The maximum Gasteiger partial charge on any atom is 0.306 e. The Kier molecular flexibility index (Phi) is 4.53. The van der Waals surface area contributed by atoms with Crippen molar-refractivity contribution >= 4 is 5.97 Å². The third kappa shape index (κ3) is 3.69. The van der Waals surface area contributed by atoms with Crippen molar-refractivity contribution in [2.45, 2.75) is 40.0 Å². The second-order valence-electron chi connectivity index (χ2n) is 4.52. The molecule has 0 aliphatic heterocycles. The van der Waals surface area contributed by atoms with Gasteiger partial charge in [0.15, 0.2) is 0 Å². The van der Waals surface area contributed by atoms with Gasteiger partial charge in [-0.1, -0.05) is 42.7 Å². The lowest BCUT2D eigenvalue weighted by molar-refractivity contribution is -0.141. The van der Waals surface area contributed by atoms with Crippen LogP contribution in [0.15, 0.2) is 18.2 Å². The normalized spacial score (nSPS) is 12.4. The molecule has 0 fully saturated rings. The largest absolute Gasteiger partial charge is 0.481 e. The maximum absolute atomic E-state index is 11.1. The predicted octanol–water partition coefficient (Wildman–Crippen LogP) is 3.35. The average molecular weight is 220 g/mol. The molecule has 1 atom stereocenters. The lowest BCUT2D eigenvalue weighted by Crippen LogP contribution is -2.16. The number of rotatable bonds is 5. The summed E-state index contributed by atoms with van der Waals surface area (Å²) in [6, 6.07) is 6.27. The van der Waals surface area contributed by atoms with E-state index in [0.29, 0.717) is 6.42 Å². The van der Waals surface area contributed by atoms with E-state index in [9.17, 15) is 4.79 Å². The molecule has 2 heteroatoms. The molecule has 0 spiro atoms. The van der Waals surface area contributed by atoms with Gasteiger partial charge in [0.25, 0.3) is 0 Å². The van der Waals surface area contributed by atoms with Crippen molar-refractivity contribution in [2.24, 2.45) is 5.92 Å². The molecule has 1 aromatic carbocycles. The van der Waals surface area contributed by atoms with Gasteiger partial charge in [0.2, 0.25) is 0 Å². The zero-order chi connectivity index (χ0) is 12.1. The molecule has 0 amide bonds. The molecule has 0 saturated heterocycles. The summed E-state index contributed by atoms with van der Waals surface area (Å²) in [6.07, 6.45) is 2.32. The molecule has 0 heterocycles. The lowest BCUT2D eigenvalue weighted by Gasteiger charge is -2.12. The Morgan fingerprint density at radius 2 is 1.81 bits per heavy atom. The Labute approximate surface area is 97.3 Å². The van der Waals surface area contributed by atoms with Gasteiger partial charge >= 0.3 is 5.97 Å². The molecule has 0 aromatic heterocycles. The Balaban J connectivity index is 2.80. The molecule has 1 aromatic rings. The molecule has 1 rings (SSSR count). The van der Waals surface area contributed by atoms with Gasteiger partial charge < -0.3 is 5.11 Å². The van der Waals surface area contributed by atoms with Crippen molar-refractivity contribution in [3.63, 3.8) is 0 Å². The van der Waals surface area contributed by atoms with E-state index in [-0.39, 0.29) is 5.92 Å². The maximum atomic E-state index is 11.1. The molecule has 1 N–H and O–H groups in total. The highest BCUT2D eigenvalue weighted by atomic mass is 16.4. The lowest BCUT2D eigenvalue weighted by atomic mass is 9.93. The van der Waals surface area contributed by atoms with Gasteiger partial charge in [-0.05, 0) is 32.3 Å². The van der Waals surface area contributed by atoms with Crippen LogP contribution < -0.4 is 0 Å². The van der Waals surface area contributed by atoms with Gasteiger partial charge in [-0.25, -0.2) is 0 Å². The molecule has 88 valence electrons. The first-order chi connectivity index (χ1) is 7.52. The van der Waals surface area contributed by atoms with E-state index in [1.54, 1.807) is 0 Å². The Morgan fingerprint density at radius 3 is 2.25 bits per heavy atom. The third-order valence-electron chi connectivity index (χ3n) is 2.75. The predicted molar refractivity (Wildman–Crippen MR) is 65.7 cm³/mol. The minimum absolute atomic E-state index is 0.244. The quantitative estimate of drug-likeness (QED) is 0.826. The van der Waals surface area contributed by atoms with Crippen molar-refractivity contribution in [3.8, 4) is 0 Å². The van der Waals surface area contributed by atoms with Crippen LogP contribution in [0.25, 0.3) is 0 Å². The number of hydrogen-bond donors (Lipinski definition) is 1. The Hall–Kier alpha value is -1.31. The molecule has 1 unspecified atom stereocenters. The fourth-order valence-electron chi connectivity index (χ4n) is 2.13. The van der Waals surface area contributed by atoms with Crippen LogP contribution in [-0.4, -0.2) is 11.1 Å². The van der Waals surface area contributed by atoms with Gasteiger partial charge in [-0.2, -0.15) is 0 Å². The van der Waals surface area contributed by atoms with Gasteiger partial charge in [0.05, 0.1) is 5.92 Å². The number of carbonyl (C=O) groups is 1. The van der Waals surface area contributed by atoms with Crippen molar-refractivity contribution in [2.75, 3.05) is 0 Å². The van der Waals surface area contributed by atoms with Crippen molar-refractivity contribution in [1.29, 1.82) is 0 Å². The van der Waals surface area contributed by atoms with E-state index in [1.807, 2.05) is 20.8 Å². The number of carboxylic acids is 1. The van der Waals surface area contributed by atoms with Crippen LogP contribution in [0.5, 0.6) is 0 Å². The summed E-state index contributed by atoms with van der Waals surface area (Å²) in [7, 11) is 0. The summed E-state index contributed by atoms with van der Waals surface area (Å²) in [5, 5.41) is 9.10. The highest BCUT2D eigenvalue weighted by Gasteiger charge is 2.16.